The Morgan fingerprint density at radius 3 is 2.33 bits per heavy atom. The van der Waals surface area contributed by atoms with Crippen molar-refractivity contribution in [2.45, 2.75) is 63.5 Å². The van der Waals surface area contributed by atoms with E-state index in [9.17, 15) is 4.79 Å². The number of nitrogens with one attached hydrogen (secondary N) is 1. The Kier molecular flexibility index (Phi) is 5.11. The molecule has 1 N–H and O–H groups in total. The number of carbonyl (C=O) groups excluding carboxylic acids is 1. The maximum Gasteiger partial charge on any atom is 0.410 e. The number of likely N-dealkylation sites (tertiary alicyclic amines) is 1. The summed E-state index contributed by atoms with van der Waals surface area (Å²) in [5.74, 6) is 0. The van der Waals surface area contributed by atoms with Crippen LogP contribution < -0.4 is 5.32 Å². The molecule has 0 radical (unpaired) electrons. The van der Waals surface area contributed by atoms with E-state index >= 15 is 0 Å². The van der Waals surface area contributed by atoms with E-state index in [1.165, 1.54) is 0 Å². The summed E-state index contributed by atoms with van der Waals surface area (Å²) in [4.78, 5) is 13.9. The highest BCUT2D eigenvalue weighted by Crippen LogP contribution is 2.25. The van der Waals surface area contributed by atoms with Crippen molar-refractivity contribution in [3.8, 4) is 0 Å². The number of methoxy groups -OCH3 is 2. The fourth-order valence-corrected chi connectivity index (χ4v) is 2.85. The number of carbonyl (C=O) groups is 1. The molecule has 2 rings (SSSR count). The third-order valence-corrected chi connectivity index (χ3v) is 4.10. The molecule has 1 unspecified atom stereocenters. The van der Waals surface area contributed by atoms with Crippen LogP contribution in [0.5, 0.6) is 0 Å². The minimum absolute atomic E-state index is 0.0131. The largest absolute Gasteiger partial charge is 0.444 e. The number of amides is 1. The second kappa shape index (κ2) is 6.50. The van der Waals surface area contributed by atoms with Gasteiger partial charge in [-0.1, -0.05) is 0 Å². The summed E-state index contributed by atoms with van der Waals surface area (Å²) in [5, 5.41) is 3.57. The molecule has 1 saturated carbocycles. The minimum atomic E-state index is -0.467. The van der Waals surface area contributed by atoms with Gasteiger partial charge in [0.25, 0.3) is 0 Å². The summed E-state index contributed by atoms with van der Waals surface area (Å²) < 4.78 is 16.2. The van der Waals surface area contributed by atoms with Crippen LogP contribution in [-0.4, -0.2) is 68.2 Å². The molecule has 21 heavy (non-hydrogen) atoms. The summed E-state index contributed by atoms with van der Waals surface area (Å²) in [7, 11) is 3.44. The molecule has 0 spiro atoms. The fraction of sp³-hybridized carbons (Fsp3) is 0.933. The van der Waals surface area contributed by atoms with E-state index in [1.54, 1.807) is 19.1 Å². The highest BCUT2D eigenvalue weighted by Gasteiger charge is 2.40. The third-order valence-electron chi connectivity index (χ3n) is 4.10. The van der Waals surface area contributed by atoms with Gasteiger partial charge in [-0.15, -0.1) is 0 Å². The van der Waals surface area contributed by atoms with Gasteiger partial charge in [-0.05, 0) is 33.6 Å². The smallest absolute Gasteiger partial charge is 0.410 e. The number of hydrogen-bond donors (Lipinski definition) is 1. The lowest BCUT2D eigenvalue weighted by Crippen LogP contribution is -2.53. The van der Waals surface area contributed by atoms with Gasteiger partial charge in [-0.3, -0.25) is 0 Å². The van der Waals surface area contributed by atoms with Gasteiger partial charge in [0.15, 0.2) is 0 Å². The van der Waals surface area contributed by atoms with E-state index in [4.69, 9.17) is 14.2 Å². The Morgan fingerprint density at radius 2 is 1.81 bits per heavy atom. The highest BCUT2D eigenvalue weighted by molar-refractivity contribution is 5.68. The summed E-state index contributed by atoms with van der Waals surface area (Å²) >= 11 is 0. The zero-order valence-corrected chi connectivity index (χ0v) is 13.7. The van der Waals surface area contributed by atoms with E-state index < -0.39 is 5.60 Å². The SMILES string of the molecule is COC1CC(NC2CN(C(=O)OC(C)(C)C)C[C@@H]2OC)C1. The summed E-state index contributed by atoms with van der Waals surface area (Å²) in [6.07, 6.45) is 2.16. The molecule has 2 fully saturated rings. The molecule has 6 heteroatoms. The van der Waals surface area contributed by atoms with Crippen molar-refractivity contribution >= 4 is 6.09 Å². The standard InChI is InChI=1S/C15H28N2O4/c1-15(2,3)21-14(18)17-8-12(13(9-17)20-5)16-10-6-11(7-10)19-4/h10-13,16H,6-9H2,1-5H3/t10?,11?,12?,13-/m0/s1. The molecule has 1 aliphatic heterocycles. The van der Waals surface area contributed by atoms with Crippen LogP contribution in [0, 0.1) is 0 Å². The van der Waals surface area contributed by atoms with E-state index in [0.29, 0.717) is 25.2 Å². The number of hydrogen-bond acceptors (Lipinski definition) is 5. The lowest BCUT2D eigenvalue weighted by atomic mass is 9.88. The zero-order valence-electron chi connectivity index (χ0n) is 13.7. The molecule has 1 saturated heterocycles. The number of ether oxygens (including phenoxy) is 3. The predicted octanol–water partition coefficient (Wildman–Crippen LogP) is 1.39. The average Bonchev–Trinajstić information content (AvgIpc) is 2.74. The maximum absolute atomic E-state index is 12.1. The molecule has 6 nitrogen and oxygen atoms in total. The summed E-state index contributed by atoms with van der Waals surface area (Å²) in [6.45, 7) is 6.84. The van der Waals surface area contributed by atoms with Crippen molar-refractivity contribution in [1.82, 2.24) is 10.2 Å². The van der Waals surface area contributed by atoms with Crippen molar-refractivity contribution in [1.29, 1.82) is 0 Å². The molecular formula is C15H28N2O4. The molecule has 2 aliphatic rings. The van der Waals surface area contributed by atoms with Crippen LogP contribution in [0.15, 0.2) is 0 Å². The Hall–Kier alpha value is -0.850. The van der Waals surface area contributed by atoms with E-state index in [1.807, 2.05) is 20.8 Å². The Morgan fingerprint density at radius 1 is 1.14 bits per heavy atom. The first-order chi connectivity index (χ1) is 9.82. The molecule has 1 aliphatic carbocycles. The van der Waals surface area contributed by atoms with Gasteiger partial charge in [-0.25, -0.2) is 4.79 Å². The van der Waals surface area contributed by atoms with E-state index in [0.717, 1.165) is 12.8 Å². The van der Waals surface area contributed by atoms with Crippen LogP contribution >= 0.6 is 0 Å². The normalized spacial score (nSPS) is 32.9. The van der Waals surface area contributed by atoms with Crippen molar-refractivity contribution in [3.63, 3.8) is 0 Å². The molecule has 1 amide bonds. The monoisotopic (exact) mass is 300 g/mol. The van der Waals surface area contributed by atoms with Gasteiger partial charge in [0.2, 0.25) is 0 Å². The van der Waals surface area contributed by atoms with Crippen LogP contribution in [0.3, 0.4) is 0 Å². The first-order valence-corrected chi connectivity index (χ1v) is 7.62. The summed E-state index contributed by atoms with van der Waals surface area (Å²) in [5.41, 5.74) is -0.467. The molecule has 0 aromatic carbocycles. The van der Waals surface area contributed by atoms with Crippen LogP contribution in [-0.2, 0) is 14.2 Å². The van der Waals surface area contributed by atoms with Gasteiger partial charge in [0.05, 0.1) is 24.8 Å². The van der Waals surface area contributed by atoms with E-state index in [2.05, 4.69) is 5.32 Å². The highest BCUT2D eigenvalue weighted by atomic mass is 16.6. The number of nitrogens with zero attached hydrogens (tertiary/aromatic N) is 1. The van der Waals surface area contributed by atoms with Crippen molar-refractivity contribution < 1.29 is 19.0 Å². The maximum atomic E-state index is 12.1. The van der Waals surface area contributed by atoms with Crippen LogP contribution in [0.1, 0.15) is 33.6 Å². The van der Waals surface area contributed by atoms with Gasteiger partial charge >= 0.3 is 6.09 Å². The van der Waals surface area contributed by atoms with Crippen molar-refractivity contribution in [2.24, 2.45) is 0 Å². The van der Waals surface area contributed by atoms with Crippen LogP contribution in [0.4, 0.5) is 4.79 Å². The first kappa shape index (κ1) is 16.5. The first-order valence-electron chi connectivity index (χ1n) is 7.62. The van der Waals surface area contributed by atoms with E-state index in [-0.39, 0.29) is 18.2 Å². The lowest BCUT2D eigenvalue weighted by Gasteiger charge is -2.37. The topological polar surface area (TPSA) is 60.0 Å². The Labute approximate surface area is 127 Å². The molecule has 2 atom stereocenters. The van der Waals surface area contributed by atoms with Gasteiger partial charge < -0.3 is 24.4 Å². The third kappa shape index (κ3) is 4.31. The average molecular weight is 300 g/mol. The minimum Gasteiger partial charge on any atom is -0.444 e. The van der Waals surface area contributed by atoms with Gasteiger partial charge in [0, 0.05) is 26.8 Å². The molecule has 0 aromatic heterocycles. The van der Waals surface area contributed by atoms with Crippen molar-refractivity contribution in [3.05, 3.63) is 0 Å². The second-order valence-corrected chi connectivity index (χ2v) is 6.96. The molecule has 0 bridgehead atoms. The predicted molar refractivity (Wildman–Crippen MR) is 79.3 cm³/mol. The molecule has 1 heterocycles. The molecule has 122 valence electrons. The zero-order chi connectivity index (χ0) is 15.6. The Balaban J connectivity index is 1.84. The lowest BCUT2D eigenvalue weighted by molar-refractivity contribution is 0.00658. The molecular weight excluding hydrogens is 272 g/mol. The molecule has 0 aromatic rings. The van der Waals surface area contributed by atoms with Crippen LogP contribution in [0.25, 0.3) is 0 Å². The van der Waals surface area contributed by atoms with Gasteiger partial charge in [0.1, 0.15) is 5.60 Å². The van der Waals surface area contributed by atoms with Crippen molar-refractivity contribution in [2.75, 3.05) is 27.3 Å². The Bertz CT molecular complexity index is 363. The summed E-state index contributed by atoms with van der Waals surface area (Å²) in [6, 6.07) is 0.613. The van der Waals surface area contributed by atoms with Gasteiger partial charge in [-0.2, -0.15) is 0 Å². The number of rotatable bonds is 4. The second-order valence-electron chi connectivity index (χ2n) is 6.96. The van der Waals surface area contributed by atoms with Crippen LogP contribution in [0.2, 0.25) is 0 Å². The fourth-order valence-electron chi connectivity index (χ4n) is 2.85. The quantitative estimate of drug-likeness (QED) is 0.850.